The van der Waals surface area contributed by atoms with E-state index in [0.717, 1.165) is 96.3 Å². The molecule has 0 aliphatic heterocycles. The summed E-state index contributed by atoms with van der Waals surface area (Å²) in [5.74, 6) is -0.439. The second-order valence-electron chi connectivity index (χ2n) is 17.8. The first-order valence-corrected chi connectivity index (χ1v) is 27.1. The predicted octanol–water partition coefficient (Wildman–Crippen LogP) is 18.5. The standard InChI is InChI=1S/C59H102O5/c1-4-7-10-13-16-19-22-25-27-29-30-32-33-35-37-40-43-46-49-52-58(60)63-56-57(55-62-54-51-48-45-42-39-24-21-18-15-12-9-6-3)64-59(61)53-50-47-44-41-38-36-34-31-28-26-23-20-17-14-11-8-5-2/h7,10,16-17,19-20,25-28,30,32,35,37,57H,4-6,8-9,11-15,18,21-24,29,31,33-34,36,38-56H2,1-3H3/b10-7-,19-16-,20-17-,27-25-,28-26-,32-30-,37-35-. The van der Waals surface area contributed by atoms with Gasteiger partial charge in [-0.25, -0.2) is 0 Å². The lowest BCUT2D eigenvalue weighted by molar-refractivity contribution is -0.163. The van der Waals surface area contributed by atoms with Crippen LogP contribution in [0, 0.1) is 0 Å². The molecule has 0 saturated carbocycles. The lowest BCUT2D eigenvalue weighted by Crippen LogP contribution is -2.30. The molecule has 0 rings (SSSR count). The van der Waals surface area contributed by atoms with Crippen LogP contribution in [0.5, 0.6) is 0 Å². The summed E-state index contributed by atoms with van der Waals surface area (Å²) in [6, 6.07) is 0. The molecule has 0 saturated heterocycles. The van der Waals surface area contributed by atoms with Crippen LogP contribution in [0.1, 0.15) is 252 Å². The molecule has 0 aromatic rings. The van der Waals surface area contributed by atoms with E-state index in [1.165, 1.54) is 122 Å². The lowest BCUT2D eigenvalue weighted by atomic mass is 10.1. The molecular formula is C59H102O5. The molecule has 0 aliphatic rings. The molecular weight excluding hydrogens is 789 g/mol. The van der Waals surface area contributed by atoms with Crippen molar-refractivity contribution >= 4 is 11.9 Å². The van der Waals surface area contributed by atoms with Gasteiger partial charge in [0.2, 0.25) is 0 Å². The molecule has 0 aromatic carbocycles. The fourth-order valence-electron chi connectivity index (χ4n) is 7.39. The molecule has 5 nitrogen and oxygen atoms in total. The van der Waals surface area contributed by atoms with Crippen LogP contribution in [-0.4, -0.2) is 37.9 Å². The Morgan fingerprint density at radius 3 is 1.17 bits per heavy atom. The molecule has 5 heteroatoms. The number of hydrogen-bond acceptors (Lipinski definition) is 5. The average molecular weight is 891 g/mol. The van der Waals surface area contributed by atoms with Gasteiger partial charge in [-0.05, 0) is 96.3 Å². The van der Waals surface area contributed by atoms with Crippen molar-refractivity contribution in [1.29, 1.82) is 0 Å². The molecule has 0 heterocycles. The number of rotatable bonds is 49. The summed E-state index contributed by atoms with van der Waals surface area (Å²) in [7, 11) is 0. The van der Waals surface area contributed by atoms with Gasteiger partial charge in [-0.3, -0.25) is 9.59 Å². The normalized spacial score (nSPS) is 12.9. The van der Waals surface area contributed by atoms with Gasteiger partial charge >= 0.3 is 11.9 Å². The van der Waals surface area contributed by atoms with Gasteiger partial charge in [-0.2, -0.15) is 0 Å². The summed E-state index contributed by atoms with van der Waals surface area (Å²) in [5, 5.41) is 0. The Kier molecular flexibility index (Phi) is 51.9. The van der Waals surface area contributed by atoms with E-state index in [9.17, 15) is 9.59 Å². The van der Waals surface area contributed by atoms with E-state index in [0.29, 0.717) is 19.4 Å². The van der Waals surface area contributed by atoms with Gasteiger partial charge in [0.15, 0.2) is 6.10 Å². The number of unbranched alkanes of at least 4 members (excludes halogenated alkanes) is 24. The largest absolute Gasteiger partial charge is 0.462 e. The molecule has 0 amide bonds. The molecule has 0 N–H and O–H groups in total. The molecule has 64 heavy (non-hydrogen) atoms. The summed E-state index contributed by atoms with van der Waals surface area (Å²) >= 11 is 0. The van der Waals surface area contributed by atoms with E-state index in [-0.39, 0.29) is 25.2 Å². The summed E-state index contributed by atoms with van der Waals surface area (Å²) in [4.78, 5) is 25.4. The number of carbonyl (C=O) groups excluding carboxylic acids is 2. The van der Waals surface area contributed by atoms with E-state index < -0.39 is 6.10 Å². The fraction of sp³-hybridized carbons (Fsp3) is 0.729. The second-order valence-corrected chi connectivity index (χ2v) is 17.8. The van der Waals surface area contributed by atoms with Crippen molar-refractivity contribution in [3.63, 3.8) is 0 Å². The summed E-state index contributed by atoms with van der Waals surface area (Å²) in [5.41, 5.74) is 0. The topological polar surface area (TPSA) is 61.8 Å². The van der Waals surface area contributed by atoms with Crippen LogP contribution >= 0.6 is 0 Å². The third-order valence-corrected chi connectivity index (χ3v) is 11.4. The summed E-state index contributed by atoms with van der Waals surface area (Å²) < 4.78 is 17.4. The molecule has 1 atom stereocenters. The molecule has 0 radical (unpaired) electrons. The smallest absolute Gasteiger partial charge is 0.306 e. The number of carbonyl (C=O) groups is 2. The maximum absolute atomic E-state index is 12.8. The third-order valence-electron chi connectivity index (χ3n) is 11.4. The van der Waals surface area contributed by atoms with Crippen molar-refractivity contribution in [3.05, 3.63) is 85.1 Å². The van der Waals surface area contributed by atoms with Crippen LogP contribution in [-0.2, 0) is 23.8 Å². The fourth-order valence-corrected chi connectivity index (χ4v) is 7.39. The quantitative estimate of drug-likeness (QED) is 0.0346. The monoisotopic (exact) mass is 891 g/mol. The Bertz CT molecular complexity index is 1190. The zero-order valence-corrected chi connectivity index (χ0v) is 42.3. The molecule has 0 aliphatic carbocycles. The van der Waals surface area contributed by atoms with Crippen LogP contribution < -0.4 is 0 Å². The molecule has 0 aromatic heterocycles. The second kappa shape index (κ2) is 54.4. The lowest BCUT2D eigenvalue weighted by Gasteiger charge is -2.18. The van der Waals surface area contributed by atoms with E-state index >= 15 is 0 Å². The Morgan fingerprint density at radius 1 is 0.359 bits per heavy atom. The third kappa shape index (κ3) is 51.7. The van der Waals surface area contributed by atoms with Gasteiger partial charge < -0.3 is 14.2 Å². The highest BCUT2D eigenvalue weighted by atomic mass is 16.6. The van der Waals surface area contributed by atoms with E-state index in [2.05, 4.69) is 106 Å². The van der Waals surface area contributed by atoms with Gasteiger partial charge in [0.05, 0.1) is 6.61 Å². The first-order valence-electron chi connectivity index (χ1n) is 27.1. The Morgan fingerprint density at radius 2 is 0.703 bits per heavy atom. The van der Waals surface area contributed by atoms with Crippen molar-refractivity contribution in [3.8, 4) is 0 Å². The van der Waals surface area contributed by atoms with Crippen molar-refractivity contribution < 1.29 is 23.8 Å². The molecule has 0 spiro atoms. The Hall–Kier alpha value is -2.92. The summed E-state index contributed by atoms with van der Waals surface area (Å²) in [6.07, 6.45) is 71.6. The maximum Gasteiger partial charge on any atom is 0.306 e. The SMILES string of the molecule is CC/C=C\C/C=C\C/C=C\C/C=C\C/C=C\CCCCCC(=O)OCC(COCCCCCCCCCCCCCC)OC(=O)CCCCCCCCC/C=C\C/C=C\CCCCC. The highest BCUT2D eigenvalue weighted by Crippen LogP contribution is 2.14. The highest BCUT2D eigenvalue weighted by molar-refractivity contribution is 5.70. The first kappa shape index (κ1) is 61.1. The Balaban J connectivity index is 4.33. The predicted molar refractivity (Wildman–Crippen MR) is 279 cm³/mol. The average Bonchev–Trinajstić information content (AvgIpc) is 3.30. The zero-order valence-electron chi connectivity index (χ0n) is 42.3. The van der Waals surface area contributed by atoms with Gasteiger partial charge in [-0.15, -0.1) is 0 Å². The van der Waals surface area contributed by atoms with Crippen LogP contribution in [0.4, 0.5) is 0 Å². The van der Waals surface area contributed by atoms with Gasteiger partial charge in [0.1, 0.15) is 6.61 Å². The number of esters is 2. The minimum absolute atomic E-state index is 0.0635. The van der Waals surface area contributed by atoms with E-state index in [4.69, 9.17) is 14.2 Å². The van der Waals surface area contributed by atoms with Crippen molar-refractivity contribution in [2.75, 3.05) is 19.8 Å². The molecule has 1 unspecified atom stereocenters. The van der Waals surface area contributed by atoms with Gasteiger partial charge in [0.25, 0.3) is 0 Å². The minimum atomic E-state index is -0.556. The first-order chi connectivity index (χ1) is 31.6. The van der Waals surface area contributed by atoms with Crippen LogP contribution in [0.2, 0.25) is 0 Å². The number of ether oxygens (including phenoxy) is 3. The Labute approximate surface area is 397 Å². The summed E-state index contributed by atoms with van der Waals surface area (Å²) in [6.45, 7) is 7.66. The van der Waals surface area contributed by atoms with Crippen LogP contribution in [0.25, 0.3) is 0 Å². The molecule has 0 bridgehead atoms. The van der Waals surface area contributed by atoms with Crippen molar-refractivity contribution in [2.45, 2.75) is 258 Å². The zero-order chi connectivity index (χ0) is 46.3. The number of allylic oxidation sites excluding steroid dienone is 14. The van der Waals surface area contributed by atoms with Crippen LogP contribution in [0.3, 0.4) is 0 Å². The van der Waals surface area contributed by atoms with Gasteiger partial charge in [0, 0.05) is 19.4 Å². The van der Waals surface area contributed by atoms with E-state index in [1.807, 2.05) is 0 Å². The molecule has 368 valence electrons. The van der Waals surface area contributed by atoms with Crippen molar-refractivity contribution in [2.24, 2.45) is 0 Å². The van der Waals surface area contributed by atoms with Crippen LogP contribution in [0.15, 0.2) is 85.1 Å². The maximum atomic E-state index is 12.8. The van der Waals surface area contributed by atoms with Gasteiger partial charge in [-0.1, -0.05) is 228 Å². The van der Waals surface area contributed by atoms with E-state index in [1.54, 1.807) is 0 Å². The highest BCUT2D eigenvalue weighted by Gasteiger charge is 2.17. The molecule has 0 fully saturated rings. The van der Waals surface area contributed by atoms with Crippen molar-refractivity contribution in [1.82, 2.24) is 0 Å². The number of hydrogen-bond donors (Lipinski definition) is 0. The minimum Gasteiger partial charge on any atom is -0.462 e.